The van der Waals surface area contributed by atoms with Gasteiger partial charge in [0, 0.05) is 11.1 Å². The van der Waals surface area contributed by atoms with Gasteiger partial charge in [0.25, 0.3) is 0 Å². The number of ether oxygens (including phenoxy) is 1. The first-order valence-electron chi connectivity index (χ1n) is 13.5. The molecule has 7 heteroatoms. The molecule has 0 radical (unpaired) electrons. The van der Waals surface area contributed by atoms with E-state index in [0.717, 1.165) is 33.4 Å². The minimum absolute atomic E-state index is 0.409. The normalized spacial score (nSPS) is 14.2. The highest BCUT2D eigenvalue weighted by Gasteiger charge is 2.51. The molecule has 0 aliphatic heterocycles. The third-order valence-corrected chi connectivity index (χ3v) is 7.60. The van der Waals surface area contributed by atoms with Gasteiger partial charge < -0.3 is 14.4 Å². The van der Waals surface area contributed by atoms with Gasteiger partial charge in [0.2, 0.25) is 0 Å². The number of carboxylic acid groups (broad SMARTS) is 1. The number of nitrogens with zero attached hydrogens (tertiary/aromatic N) is 1. The molecule has 1 aromatic heterocycles. The molecule has 41 heavy (non-hydrogen) atoms. The summed E-state index contributed by atoms with van der Waals surface area (Å²) in [4.78, 5) is 24.7. The zero-order valence-electron chi connectivity index (χ0n) is 22.4. The average molecular weight is 545 g/mol. The Kier molecular flexibility index (Phi) is 6.85. The zero-order valence-corrected chi connectivity index (χ0v) is 22.4. The van der Waals surface area contributed by atoms with Crippen LogP contribution >= 0.6 is 0 Å². The van der Waals surface area contributed by atoms with E-state index in [4.69, 9.17) is 9.26 Å². The summed E-state index contributed by atoms with van der Waals surface area (Å²) in [5, 5.41) is 16.7. The van der Waals surface area contributed by atoms with E-state index in [1.165, 1.54) is 0 Å². The van der Waals surface area contributed by atoms with Gasteiger partial charge in [0.15, 0.2) is 5.76 Å². The molecule has 1 atom stereocenters. The summed E-state index contributed by atoms with van der Waals surface area (Å²) in [5.74, 6) is -0.355. The summed E-state index contributed by atoms with van der Waals surface area (Å²) in [6.07, 6.45) is 0.284. The van der Waals surface area contributed by atoms with Crippen LogP contribution in [0.1, 0.15) is 37.0 Å². The lowest BCUT2D eigenvalue weighted by Crippen LogP contribution is -2.19. The van der Waals surface area contributed by atoms with Crippen LogP contribution in [-0.4, -0.2) is 22.3 Å². The van der Waals surface area contributed by atoms with E-state index in [-0.39, 0.29) is 0 Å². The second-order valence-electron chi connectivity index (χ2n) is 10.2. The minimum Gasteiger partial charge on any atom is -0.481 e. The highest BCUT2D eigenvalue weighted by Crippen LogP contribution is 2.48. The molecule has 6 rings (SSSR count). The number of carbonyl (C=O) groups excluding carboxylic acids is 1. The Bertz CT molecular complexity index is 1670. The molecule has 2 N–H and O–H groups in total. The van der Waals surface area contributed by atoms with Gasteiger partial charge in [-0.15, -0.1) is 0 Å². The lowest BCUT2D eigenvalue weighted by Gasteiger charge is -2.14. The molecule has 7 nitrogen and oxygen atoms in total. The molecule has 0 bridgehead atoms. The summed E-state index contributed by atoms with van der Waals surface area (Å²) in [6.45, 7) is 1.82. The summed E-state index contributed by atoms with van der Waals surface area (Å²) in [7, 11) is 0. The van der Waals surface area contributed by atoms with Crippen molar-refractivity contribution in [2.45, 2.75) is 31.3 Å². The van der Waals surface area contributed by atoms with Crippen molar-refractivity contribution in [1.29, 1.82) is 0 Å². The van der Waals surface area contributed by atoms with Crippen LogP contribution in [0.25, 0.3) is 33.7 Å². The monoisotopic (exact) mass is 544 g/mol. The topological polar surface area (TPSA) is 102 Å². The number of aromatic nitrogens is 1. The van der Waals surface area contributed by atoms with Crippen molar-refractivity contribution in [3.05, 3.63) is 120 Å². The number of carbonyl (C=O) groups is 2. The molecule has 1 fully saturated rings. The number of hydrogen-bond acceptors (Lipinski definition) is 5. The number of anilines is 1. The van der Waals surface area contributed by atoms with Gasteiger partial charge in [-0.05, 0) is 42.0 Å². The van der Waals surface area contributed by atoms with Crippen LogP contribution in [0.2, 0.25) is 0 Å². The van der Waals surface area contributed by atoms with Crippen molar-refractivity contribution in [2.24, 2.45) is 0 Å². The van der Waals surface area contributed by atoms with E-state index in [0.29, 0.717) is 30.0 Å². The Labute approximate surface area is 237 Å². The van der Waals surface area contributed by atoms with Crippen LogP contribution in [0, 0.1) is 0 Å². The number of rotatable bonds is 8. The maximum absolute atomic E-state index is 13.0. The fourth-order valence-electron chi connectivity index (χ4n) is 5.03. The average Bonchev–Trinajstić information content (AvgIpc) is 3.73. The van der Waals surface area contributed by atoms with E-state index >= 15 is 0 Å². The second kappa shape index (κ2) is 10.8. The fourth-order valence-corrected chi connectivity index (χ4v) is 5.03. The summed E-state index contributed by atoms with van der Waals surface area (Å²) < 4.78 is 11.4. The first kappa shape index (κ1) is 26.1. The van der Waals surface area contributed by atoms with Gasteiger partial charge in [0.1, 0.15) is 17.5 Å². The van der Waals surface area contributed by atoms with Crippen molar-refractivity contribution < 1.29 is 24.0 Å². The van der Waals surface area contributed by atoms with E-state index in [1.54, 1.807) is 0 Å². The number of amides is 1. The maximum Gasteiger partial charge on any atom is 0.412 e. The molecule has 1 amide bonds. The Balaban J connectivity index is 1.27. The van der Waals surface area contributed by atoms with Gasteiger partial charge in [-0.2, -0.15) is 0 Å². The number of nitrogens with one attached hydrogen (secondary N) is 1. The lowest BCUT2D eigenvalue weighted by molar-refractivity contribution is -0.140. The third kappa shape index (κ3) is 5.22. The van der Waals surface area contributed by atoms with Crippen molar-refractivity contribution >= 4 is 17.7 Å². The zero-order chi connectivity index (χ0) is 28.4. The second-order valence-corrected chi connectivity index (χ2v) is 10.2. The predicted octanol–water partition coefficient (Wildman–Crippen LogP) is 8.10. The van der Waals surface area contributed by atoms with Gasteiger partial charge in [-0.25, -0.2) is 4.79 Å². The van der Waals surface area contributed by atoms with E-state index in [2.05, 4.69) is 10.5 Å². The Morgan fingerprint density at radius 1 is 0.805 bits per heavy atom. The van der Waals surface area contributed by atoms with Crippen LogP contribution in [-0.2, 0) is 14.9 Å². The van der Waals surface area contributed by atoms with E-state index in [9.17, 15) is 14.7 Å². The molecule has 4 aromatic carbocycles. The molecule has 1 aliphatic carbocycles. The van der Waals surface area contributed by atoms with Crippen LogP contribution in [0.15, 0.2) is 114 Å². The fraction of sp³-hybridized carbons (Fsp3) is 0.147. The maximum atomic E-state index is 13.0. The summed E-state index contributed by atoms with van der Waals surface area (Å²) in [6, 6.07) is 34.4. The molecular weight excluding hydrogens is 516 g/mol. The third-order valence-electron chi connectivity index (χ3n) is 7.60. The van der Waals surface area contributed by atoms with Crippen molar-refractivity contribution in [3.63, 3.8) is 0 Å². The predicted molar refractivity (Wildman–Crippen MR) is 156 cm³/mol. The molecular formula is C34H28N2O5. The Morgan fingerprint density at radius 3 is 1.95 bits per heavy atom. The summed E-state index contributed by atoms with van der Waals surface area (Å²) in [5.41, 5.74) is 5.37. The molecule has 0 spiro atoms. The van der Waals surface area contributed by atoms with Crippen molar-refractivity contribution in [3.8, 4) is 33.7 Å². The number of aliphatic carboxylic acids is 1. The number of benzene rings is 4. The van der Waals surface area contributed by atoms with Crippen LogP contribution < -0.4 is 5.32 Å². The first-order valence-corrected chi connectivity index (χ1v) is 13.5. The quantitative estimate of drug-likeness (QED) is 0.205. The molecule has 1 aliphatic rings. The number of hydrogen-bond donors (Lipinski definition) is 2. The van der Waals surface area contributed by atoms with Crippen molar-refractivity contribution in [2.75, 3.05) is 5.32 Å². The van der Waals surface area contributed by atoms with Gasteiger partial charge in [0.05, 0.1) is 5.41 Å². The van der Waals surface area contributed by atoms with Crippen LogP contribution in [0.5, 0.6) is 0 Å². The molecule has 5 aromatic rings. The standard InChI is InChI=1S/C34H28N2O5/c1-22(23-8-4-2-5-9-23)40-33(39)35-30-29(26-10-6-3-7-11-26)36-41-31(30)27-14-12-24(13-15-27)25-16-18-28(19-17-25)34(20-21-34)32(37)38/h2-19,22H,20-21H2,1H3,(H,35,39)(H,37,38)/t22-/m1/s1. The molecule has 204 valence electrons. The SMILES string of the molecule is C[C@@H](OC(=O)Nc1c(-c2ccccc2)noc1-c1ccc(-c2ccc(C3(C(=O)O)CC3)cc2)cc1)c1ccccc1. The first-order chi connectivity index (χ1) is 19.9. The molecule has 1 heterocycles. The van der Waals surface area contributed by atoms with Gasteiger partial charge >= 0.3 is 12.1 Å². The van der Waals surface area contributed by atoms with Gasteiger partial charge in [-0.3, -0.25) is 10.1 Å². The lowest BCUT2D eigenvalue weighted by atomic mass is 9.93. The van der Waals surface area contributed by atoms with E-state index < -0.39 is 23.6 Å². The van der Waals surface area contributed by atoms with Crippen LogP contribution in [0.3, 0.4) is 0 Å². The van der Waals surface area contributed by atoms with E-state index in [1.807, 2.05) is 116 Å². The molecule has 0 unspecified atom stereocenters. The van der Waals surface area contributed by atoms with Gasteiger partial charge in [-0.1, -0.05) is 114 Å². The van der Waals surface area contributed by atoms with Crippen LogP contribution in [0.4, 0.5) is 10.5 Å². The molecule has 0 saturated heterocycles. The van der Waals surface area contributed by atoms with Crippen molar-refractivity contribution in [1.82, 2.24) is 5.16 Å². The number of carboxylic acids is 1. The summed E-state index contributed by atoms with van der Waals surface area (Å²) >= 11 is 0. The Morgan fingerprint density at radius 2 is 1.37 bits per heavy atom. The smallest absolute Gasteiger partial charge is 0.412 e. The molecule has 1 saturated carbocycles. The Hall–Kier alpha value is -5.17. The highest BCUT2D eigenvalue weighted by atomic mass is 16.6. The minimum atomic E-state index is -0.764. The highest BCUT2D eigenvalue weighted by molar-refractivity contribution is 5.96. The largest absolute Gasteiger partial charge is 0.481 e.